The molecule has 1 saturated heterocycles. The molecule has 0 saturated carbocycles. The van der Waals surface area contributed by atoms with Crippen molar-refractivity contribution in [3.05, 3.63) is 70.4 Å². The van der Waals surface area contributed by atoms with Gasteiger partial charge in [0.25, 0.3) is 5.78 Å². The molecule has 1 aliphatic heterocycles. The van der Waals surface area contributed by atoms with Gasteiger partial charge in [-0.15, -0.1) is 0 Å². The van der Waals surface area contributed by atoms with Gasteiger partial charge in [0, 0.05) is 29.2 Å². The Kier molecular flexibility index (Phi) is 4.62. The number of carbonyl (C=O) groups excluding carboxylic acids is 2. The lowest BCUT2D eigenvalue weighted by atomic mass is 10.1. The first-order chi connectivity index (χ1) is 13.9. The molecular weight excluding hydrogens is 370 g/mol. The molecule has 3 aromatic rings. The summed E-state index contributed by atoms with van der Waals surface area (Å²) in [5.41, 5.74) is 4.80. The standard InChI is InChI=1S/C23H21NO5/c1-13-6-14(2)8-15(7-13)10-24-11-18(17-9-16(28-3)4-5-20(17)24)21(25)19-12-29-23(27)22(19)26/h4-9,11,25H,10,12H2,1-3H3. The topological polar surface area (TPSA) is 77.8 Å². The molecule has 0 unspecified atom stereocenters. The van der Waals surface area contributed by atoms with Crippen molar-refractivity contribution < 1.29 is 24.2 Å². The second kappa shape index (κ2) is 7.13. The number of esters is 1. The average molecular weight is 391 g/mol. The van der Waals surface area contributed by atoms with Crippen molar-refractivity contribution in [1.82, 2.24) is 4.57 Å². The lowest BCUT2D eigenvalue weighted by Crippen LogP contribution is -2.08. The van der Waals surface area contributed by atoms with Gasteiger partial charge < -0.3 is 19.1 Å². The van der Waals surface area contributed by atoms with Crippen molar-refractivity contribution in [3.63, 3.8) is 0 Å². The van der Waals surface area contributed by atoms with Gasteiger partial charge in [-0.2, -0.15) is 0 Å². The number of nitrogens with zero attached hydrogens (tertiary/aromatic N) is 1. The van der Waals surface area contributed by atoms with Crippen molar-refractivity contribution in [3.8, 4) is 5.75 Å². The number of methoxy groups -OCH3 is 1. The van der Waals surface area contributed by atoms with Crippen LogP contribution in [0.15, 0.2) is 48.2 Å². The Morgan fingerprint density at radius 3 is 2.48 bits per heavy atom. The Bertz CT molecular complexity index is 1170. The van der Waals surface area contributed by atoms with Gasteiger partial charge in [-0.25, -0.2) is 4.79 Å². The van der Waals surface area contributed by atoms with Crippen LogP contribution >= 0.6 is 0 Å². The van der Waals surface area contributed by atoms with Crippen LogP contribution < -0.4 is 4.74 Å². The number of benzene rings is 2. The van der Waals surface area contributed by atoms with Crippen molar-refractivity contribution in [2.75, 3.05) is 13.7 Å². The van der Waals surface area contributed by atoms with Crippen LogP contribution in [0.5, 0.6) is 5.75 Å². The van der Waals surface area contributed by atoms with Crippen molar-refractivity contribution >= 4 is 28.4 Å². The molecule has 6 heteroatoms. The molecular formula is C23H21NO5. The highest BCUT2D eigenvalue weighted by Crippen LogP contribution is 2.32. The Morgan fingerprint density at radius 1 is 1.14 bits per heavy atom. The van der Waals surface area contributed by atoms with Gasteiger partial charge in [-0.3, -0.25) is 4.79 Å². The van der Waals surface area contributed by atoms with E-state index in [1.807, 2.05) is 22.8 Å². The number of rotatable bonds is 4. The second-order valence-electron chi connectivity index (χ2n) is 7.28. The van der Waals surface area contributed by atoms with Crippen LogP contribution in [-0.2, 0) is 20.9 Å². The van der Waals surface area contributed by atoms with Gasteiger partial charge in [0.2, 0.25) is 0 Å². The lowest BCUT2D eigenvalue weighted by Gasteiger charge is -2.08. The largest absolute Gasteiger partial charge is 0.507 e. The fourth-order valence-corrected chi connectivity index (χ4v) is 3.81. The fourth-order valence-electron chi connectivity index (χ4n) is 3.81. The molecule has 148 valence electrons. The maximum absolute atomic E-state index is 12.0. The average Bonchev–Trinajstić information content (AvgIpc) is 3.20. The van der Waals surface area contributed by atoms with Gasteiger partial charge in [0.05, 0.1) is 12.7 Å². The number of aryl methyl sites for hydroxylation is 2. The molecule has 2 aromatic carbocycles. The molecule has 1 aliphatic rings. The highest BCUT2D eigenvalue weighted by Gasteiger charge is 2.33. The summed E-state index contributed by atoms with van der Waals surface area (Å²) in [6.07, 6.45) is 1.79. The molecule has 0 spiro atoms. The highest BCUT2D eigenvalue weighted by molar-refractivity contribution is 6.43. The van der Waals surface area contributed by atoms with E-state index in [0.29, 0.717) is 17.9 Å². The number of Topliss-reactive ketones (excluding diaryl/α,β-unsaturated/α-hetero) is 1. The maximum Gasteiger partial charge on any atom is 0.379 e. The Labute approximate surface area is 168 Å². The number of ketones is 1. The Hall–Kier alpha value is -3.54. The number of hydrogen-bond donors (Lipinski definition) is 1. The van der Waals surface area contributed by atoms with Crippen LogP contribution in [0.25, 0.3) is 16.7 Å². The van der Waals surface area contributed by atoms with E-state index in [2.05, 4.69) is 32.0 Å². The first-order valence-corrected chi connectivity index (χ1v) is 9.25. The Morgan fingerprint density at radius 2 is 1.86 bits per heavy atom. The highest BCUT2D eigenvalue weighted by atomic mass is 16.5. The lowest BCUT2D eigenvalue weighted by molar-refractivity contribution is -0.146. The molecule has 2 heterocycles. The second-order valence-corrected chi connectivity index (χ2v) is 7.28. The summed E-state index contributed by atoms with van der Waals surface area (Å²) in [5, 5.41) is 11.5. The van der Waals surface area contributed by atoms with Gasteiger partial charge >= 0.3 is 5.97 Å². The van der Waals surface area contributed by atoms with Crippen LogP contribution in [0.4, 0.5) is 0 Å². The number of cyclic esters (lactones) is 1. The monoisotopic (exact) mass is 391 g/mol. The molecule has 0 aliphatic carbocycles. The number of aromatic nitrogens is 1. The van der Waals surface area contributed by atoms with E-state index in [1.165, 1.54) is 11.1 Å². The minimum absolute atomic E-state index is 0.0248. The molecule has 29 heavy (non-hydrogen) atoms. The van der Waals surface area contributed by atoms with Crippen LogP contribution in [-0.4, -0.2) is 35.1 Å². The number of ether oxygens (including phenoxy) is 2. The third-order valence-corrected chi connectivity index (χ3v) is 5.07. The van der Waals surface area contributed by atoms with Crippen LogP contribution in [0.3, 0.4) is 0 Å². The first kappa shape index (κ1) is 18.8. The minimum atomic E-state index is -0.942. The number of aliphatic hydroxyl groups excluding tert-OH is 1. The minimum Gasteiger partial charge on any atom is -0.507 e. The maximum atomic E-state index is 12.0. The summed E-state index contributed by atoms with van der Waals surface area (Å²) in [5.74, 6) is -1.35. The van der Waals surface area contributed by atoms with Crippen molar-refractivity contribution in [2.24, 2.45) is 0 Å². The number of carbonyl (C=O) groups is 2. The van der Waals surface area contributed by atoms with E-state index < -0.39 is 11.8 Å². The number of hydrogen-bond acceptors (Lipinski definition) is 5. The third-order valence-electron chi connectivity index (χ3n) is 5.07. The summed E-state index contributed by atoms with van der Waals surface area (Å²) in [4.78, 5) is 23.5. The SMILES string of the molecule is COc1ccc2c(c1)c(C(O)=C1COC(=O)C1=O)cn2Cc1cc(C)cc(C)c1. The molecule has 1 aromatic heterocycles. The number of fused-ring (bicyclic) bond motifs is 1. The quantitative estimate of drug-likeness (QED) is 0.318. The molecule has 4 rings (SSSR count). The zero-order chi connectivity index (χ0) is 20.7. The van der Waals surface area contributed by atoms with E-state index in [4.69, 9.17) is 9.47 Å². The van der Waals surface area contributed by atoms with E-state index in [9.17, 15) is 14.7 Å². The normalized spacial score (nSPS) is 15.7. The van der Waals surface area contributed by atoms with Crippen LogP contribution in [0.2, 0.25) is 0 Å². The van der Waals surface area contributed by atoms with Crippen LogP contribution in [0.1, 0.15) is 22.3 Å². The smallest absolute Gasteiger partial charge is 0.379 e. The summed E-state index contributed by atoms with van der Waals surface area (Å²) < 4.78 is 12.1. The molecule has 1 N–H and O–H groups in total. The van der Waals surface area contributed by atoms with Gasteiger partial charge in [0.15, 0.2) is 0 Å². The van der Waals surface area contributed by atoms with E-state index in [0.717, 1.165) is 16.5 Å². The van der Waals surface area contributed by atoms with E-state index in [1.54, 1.807) is 13.3 Å². The van der Waals surface area contributed by atoms with Crippen molar-refractivity contribution in [1.29, 1.82) is 0 Å². The summed E-state index contributed by atoms with van der Waals surface area (Å²) in [6.45, 7) is 4.48. The summed E-state index contributed by atoms with van der Waals surface area (Å²) in [7, 11) is 1.57. The predicted octanol–water partition coefficient (Wildman–Crippen LogP) is 3.71. The molecule has 0 amide bonds. The third kappa shape index (κ3) is 3.38. The summed E-state index contributed by atoms with van der Waals surface area (Å²) >= 11 is 0. The van der Waals surface area contributed by atoms with Gasteiger partial charge in [-0.05, 0) is 37.6 Å². The molecule has 0 atom stereocenters. The van der Waals surface area contributed by atoms with Crippen LogP contribution in [0, 0.1) is 13.8 Å². The van der Waals surface area contributed by atoms with Gasteiger partial charge in [0.1, 0.15) is 18.1 Å². The Balaban J connectivity index is 1.87. The number of aliphatic hydroxyl groups is 1. The van der Waals surface area contributed by atoms with E-state index in [-0.39, 0.29) is 17.9 Å². The molecule has 6 nitrogen and oxygen atoms in total. The molecule has 0 radical (unpaired) electrons. The predicted molar refractivity (Wildman–Crippen MR) is 109 cm³/mol. The summed E-state index contributed by atoms with van der Waals surface area (Å²) in [6, 6.07) is 11.9. The zero-order valence-electron chi connectivity index (χ0n) is 16.5. The first-order valence-electron chi connectivity index (χ1n) is 9.25. The van der Waals surface area contributed by atoms with Gasteiger partial charge in [-0.1, -0.05) is 29.3 Å². The fraction of sp³-hybridized carbons (Fsp3) is 0.217. The van der Waals surface area contributed by atoms with E-state index >= 15 is 0 Å². The molecule has 0 bridgehead atoms. The van der Waals surface area contributed by atoms with Crippen molar-refractivity contribution in [2.45, 2.75) is 20.4 Å². The zero-order valence-corrected chi connectivity index (χ0v) is 16.5. The molecule has 1 fully saturated rings.